The monoisotopic (exact) mass is 199 g/mol. The van der Waals surface area contributed by atoms with Gasteiger partial charge in [-0.3, -0.25) is 0 Å². The molecule has 2 N–H and O–H groups in total. The minimum Gasteiger partial charge on any atom is -0.472 e. The predicted molar refractivity (Wildman–Crippen MR) is 46.3 cm³/mol. The van der Waals surface area contributed by atoms with Crippen LogP contribution in [0.15, 0.2) is 6.07 Å². The summed E-state index contributed by atoms with van der Waals surface area (Å²) in [6.07, 6.45) is 0.717. The number of ether oxygens (including phenoxy) is 2. The van der Waals surface area contributed by atoms with Crippen LogP contribution in [0.3, 0.4) is 0 Å². The average Bonchev–Trinajstić information content (AvgIpc) is 2.54. The zero-order valence-corrected chi connectivity index (χ0v) is 7.44. The number of aromatic nitrogens is 2. The van der Waals surface area contributed by atoms with Crippen LogP contribution >= 0.6 is 0 Å². The van der Waals surface area contributed by atoms with Crippen molar-refractivity contribution in [2.24, 2.45) is 0 Å². The first-order valence-electron chi connectivity index (χ1n) is 4.28. The highest BCUT2D eigenvalue weighted by molar-refractivity contribution is 5.21. The van der Waals surface area contributed by atoms with E-state index in [0.717, 1.165) is 12.5 Å². The van der Waals surface area contributed by atoms with Crippen molar-refractivity contribution in [2.45, 2.75) is 12.5 Å². The summed E-state index contributed by atoms with van der Waals surface area (Å²) < 4.78 is 23.2. The topological polar surface area (TPSA) is 70.3 Å². The summed E-state index contributed by atoms with van der Waals surface area (Å²) in [5, 5.41) is 0. The first-order chi connectivity index (χ1) is 6.74. The molecule has 14 heavy (non-hydrogen) atoms. The molecule has 1 fully saturated rings. The van der Waals surface area contributed by atoms with Gasteiger partial charge in [-0.15, -0.1) is 0 Å². The fourth-order valence-electron chi connectivity index (χ4n) is 1.25. The van der Waals surface area contributed by atoms with Crippen molar-refractivity contribution in [1.29, 1.82) is 0 Å². The van der Waals surface area contributed by atoms with Crippen molar-refractivity contribution in [1.82, 2.24) is 9.97 Å². The lowest BCUT2D eigenvalue weighted by Crippen LogP contribution is -2.17. The molecule has 1 aromatic rings. The summed E-state index contributed by atoms with van der Waals surface area (Å²) in [7, 11) is 0. The van der Waals surface area contributed by atoms with Gasteiger partial charge in [0.25, 0.3) is 0 Å². The highest BCUT2D eigenvalue weighted by Gasteiger charge is 2.18. The molecule has 1 aliphatic rings. The molecule has 0 aliphatic carbocycles. The molecular formula is C8H10FN3O2. The van der Waals surface area contributed by atoms with Crippen molar-refractivity contribution >= 4 is 5.95 Å². The Hall–Kier alpha value is -1.43. The Morgan fingerprint density at radius 1 is 1.57 bits per heavy atom. The lowest BCUT2D eigenvalue weighted by molar-refractivity contribution is 0.137. The summed E-state index contributed by atoms with van der Waals surface area (Å²) in [5.74, 6) is -0.657. The molecule has 0 bridgehead atoms. The summed E-state index contributed by atoms with van der Waals surface area (Å²) in [6, 6.07) is 1.11. The second-order valence-electron chi connectivity index (χ2n) is 2.99. The van der Waals surface area contributed by atoms with Gasteiger partial charge in [0, 0.05) is 6.42 Å². The molecule has 1 atom stereocenters. The molecule has 0 unspecified atom stereocenters. The number of halogens is 1. The van der Waals surface area contributed by atoms with Crippen LogP contribution in [0.25, 0.3) is 0 Å². The maximum Gasteiger partial charge on any atom is 0.226 e. The van der Waals surface area contributed by atoms with Gasteiger partial charge in [-0.2, -0.15) is 14.4 Å². The number of nitrogen functional groups attached to an aromatic ring is 1. The van der Waals surface area contributed by atoms with Crippen LogP contribution in [0.2, 0.25) is 0 Å². The summed E-state index contributed by atoms with van der Waals surface area (Å²) >= 11 is 0. The van der Waals surface area contributed by atoms with Crippen molar-refractivity contribution < 1.29 is 13.9 Å². The fraction of sp³-hybridized carbons (Fsp3) is 0.500. The number of nitrogens with two attached hydrogens (primary N) is 1. The third-order valence-electron chi connectivity index (χ3n) is 1.86. The van der Waals surface area contributed by atoms with Crippen molar-refractivity contribution in [3.63, 3.8) is 0 Å². The first-order valence-corrected chi connectivity index (χ1v) is 4.28. The molecule has 1 saturated heterocycles. The van der Waals surface area contributed by atoms with Crippen LogP contribution in [-0.2, 0) is 4.74 Å². The SMILES string of the molecule is Nc1nc(F)cc(O[C@H]2CCOC2)n1. The molecule has 0 saturated carbocycles. The molecule has 5 nitrogen and oxygen atoms in total. The minimum atomic E-state index is -0.689. The lowest BCUT2D eigenvalue weighted by Gasteiger charge is -2.10. The number of hydrogen-bond donors (Lipinski definition) is 1. The van der Waals surface area contributed by atoms with Gasteiger partial charge in [0.15, 0.2) is 0 Å². The fourth-order valence-corrected chi connectivity index (χ4v) is 1.25. The van der Waals surface area contributed by atoms with Crippen LogP contribution in [0.5, 0.6) is 5.88 Å². The molecule has 0 radical (unpaired) electrons. The van der Waals surface area contributed by atoms with Gasteiger partial charge in [0.1, 0.15) is 6.10 Å². The van der Waals surface area contributed by atoms with Gasteiger partial charge < -0.3 is 15.2 Å². The van der Waals surface area contributed by atoms with Gasteiger partial charge >= 0.3 is 0 Å². The summed E-state index contributed by atoms with van der Waals surface area (Å²) in [6.45, 7) is 1.17. The second-order valence-corrected chi connectivity index (χ2v) is 2.99. The molecule has 1 aromatic heterocycles. The molecule has 0 spiro atoms. The molecule has 76 valence electrons. The molecule has 0 aromatic carbocycles. The second kappa shape index (κ2) is 3.75. The Labute approximate surface area is 80.1 Å². The van der Waals surface area contributed by atoms with E-state index >= 15 is 0 Å². The normalized spacial score (nSPS) is 21.1. The standard InChI is InChI=1S/C8H10FN3O2/c9-6-3-7(12-8(10)11-6)14-5-1-2-13-4-5/h3,5H,1-2,4H2,(H2,10,11,12)/t5-/m0/s1. The van der Waals surface area contributed by atoms with Crippen LogP contribution in [0.4, 0.5) is 10.3 Å². The van der Waals surface area contributed by atoms with Gasteiger partial charge in [0.05, 0.1) is 19.3 Å². The predicted octanol–water partition coefficient (Wildman–Crippen LogP) is 0.366. The largest absolute Gasteiger partial charge is 0.472 e. The quantitative estimate of drug-likeness (QED) is 0.696. The zero-order chi connectivity index (χ0) is 9.97. The van der Waals surface area contributed by atoms with Crippen LogP contribution in [0.1, 0.15) is 6.42 Å². The van der Waals surface area contributed by atoms with E-state index in [9.17, 15) is 4.39 Å². The van der Waals surface area contributed by atoms with Gasteiger partial charge in [-0.1, -0.05) is 0 Å². The Morgan fingerprint density at radius 3 is 3.07 bits per heavy atom. The number of hydrogen-bond acceptors (Lipinski definition) is 5. The Balaban J connectivity index is 2.07. The molecule has 2 heterocycles. The Morgan fingerprint density at radius 2 is 2.43 bits per heavy atom. The van der Waals surface area contributed by atoms with Crippen molar-refractivity contribution in [2.75, 3.05) is 18.9 Å². The van der Waals surface area contributed by atoms with E-state index in [1.807, 2.05) is 0 Å². The highest BCUT2D eigenvalue weighted by atomic mass is 19.1. The van der Waals surface area contributed by atoms with Gasteiger partial charge in [0.2, 0.25) is 17.8 Å². The zero-order valence-electron chi connectivity index (χ0n) is 7.44. The van der Waals surface area contributed by atoms with E-state index in [2.05, 4.69) is 9.97 Å². The molecule has 0 amide bonds. The molecular weight excluding hydrogens is 189 g/mol. The third kappa shape index (κ3) is 2.08. The van der Waals surface area contributed by atoms with Gasteiger partial charge in [-0.05, 0) is 0 Å². The summed E-state index contributed by atoms with van der Waals surface area (Å²) in [4.78, 5) is 7.04. The van der Waals surface area contributed by atoms with Gasteiger partial charge in [-0.25, -0.2) is 0 Å². The third-order valence-corrected chi connectivity index (χ3v) is 1.86. The van der Waals surface area contributed by atoms with E-state index in [0.29, 0.717) is 13.2 Å². The smallest absolute Gasteiger partial charge is 0.226 e. The highest BCUT2D eigenvalue weighted by Crippen LogP contribution is 2.15. The Kier molecular flexibility index (Phi) is 2.45. The van der Waals surface area contributed by atoms with Crippen LogP contribution in [0, 0.1) is 5.95 Å². The Bertz CT molecular complexity index is 308. The van der Waals surface area contributed by atoms with E-state index in [-0.39, 0.29) is 17.9 Å². The van der Waals surface area contributed by atoms with Crippen molar-refractivity contribution in [3.05, 3.63) is 12.0 Å². The maximum absolute atomic E-state index is 12.8. The lowest BCUT2D eigenvalue weighted by atomic mass is 10.3. The van der Waals surface area contributed by atoms with E-state index in [1.54, 1.807) is 0 Å². The minimum absolute atomic E-state index is 0.0660. The first kappa shape index (κ1) is 9.14. The van der Waals surface area contributed by atoms with E-state index in [4.69, 9.17) is 15.2 Å². The van der Waals surface area contributed by atoms with Crippen molar-refractivity contribution in [3.8, 4) is 5.88 Å². The number of anilines is 1. The number of rotatable bonds is 2. The number of nitrogens with zero attached hydrogens (tertiary/aromatic N) is 2. The molecule has 6 heteroatoms. The maximum atomic E-state index is 12.8. The van der Waals surface area contributed by atoms with Crippen LogP contribution < -0.4 is 10.5 Å². The average molecular weight is 199 g/mol. The molecule has 1 aliphatic heterocycles. The molecule has 2 rings (SSSR count). The van der Waals surface area contributed by atoms with Crippen LogP contribution in [-0.4, -0.2) is 29.3 Å². The van der Waals surface area contributed by atoms with E-state index < -0.39 is 5.95 Å². The van der Waals surface area contributed by atoms with E-state index in [1.165, 1.54) is 0 Å². The summed E-state index contributed by atoms with van der Waals surface area (Å²) in [5.41, 5.74) is 5.26.